The molecule has 0 unspecified atom stereocenters. The summed E-state index contributed by atoms with van der Waals surface area (Å²) in [6.07, 6.45) is 1.65. The summed E-state index contributed by atoms with van der Waals surface area (Å²) in [5.41, 5.74) is 2.24. The number of benzene rings is 2. The van der Waals surface area contributed by atoms with Gasteiger partial charge < -0.3 is 23.4 Å². The van der Waals surface area contributed by atoms with Crippen molar-refractivity contribution in [1.29, 1.82) is 0 Å². The first kappa shape index (κ1) is 30.6. The molecule has 0 N–H and O–H groups in total. The van der Waals surface area contributed by atoms with Gasteiger partial charge in [-0.2, -0.15) is 0 Å². The number of furan rings is 1. The fourth-order valence-electron chi connectivity index (χ4n) is 4.95. The van der Waals surface area contributed by atoms with Crippen molar-refractivity contribution in [1.82, 2.24) is 4.57 Å². The Kier molecular flexibility index (Phi) is 9.15. The predicted molar refractivity (Wildman–Crippen MR) is 165 cm³/mol. The zero-order valence-electron chi connectivity index (χ0n) is 25.0. The van der Waals surface area contributed by atoms with Crippen LogP contribution in [0.2, 0.25) is 0 Å². The van der Waals surface area contributed by atoms with Crippen LogP contribution in [0, 0.1) is 0 Å². The number of nitrogens with zero attached hydrogens (tertiary/aromatic N) is 2. The molecule has 11 heteroatoms. The molecule has 0 aliphatic carbocycles. The molecular weight excluding hydrogens is 584 g/mol. The summed E-state index contributed by atoms with van der Waals surface area (Å²) in [6, 6.07) is 15.0. The van der Waals surface area contributed by atoms with Crippen LogP contribution in [0.15, 0.2) is 80.1 Å². The van der Waals surface area contributed by atoms with Crippen molar-refractivity contribution in [3.8, 4) is 22.8 Å². The first-order valence-corrected chi connectivity index (χ1v) is 15.0. The van der Waals surface area contributed by atoms with E-state index in [9.17, 15) is 14.4 Å². The minimum atomic E-state index is -0.803. The molecule has 0 bridgehead atoms. The molecule has 228 valence electrons. The summed E-state index contributed by atoms with van der Waals surface area (Å²) in [5, 5.41) is 0. The molecule has 2 aromatic carbocycles. The van der Waals surface area contributed by atoms with Crippen LogP contribution in [0.5, 0.6) is 11.5 Å². The number of hydrogen-bond acceptors (Lipinski definition) is 10. The Bertz CT molecular complexity index is 1910. The second kappa shape index (κ2) is 13.2. The van der Waals surface area contributed by atoms with Crippen molar-refractivity contribution >= 4 is 29.4 Å². The van der Waals surface area contributed by atoms with Crippen LogP contribution in [-0.2, 0) is 14.3 Å². The Morgan fingerprint density at radius 3 is 2.36 bits per heavy atom. The molecule has 2 aromatic heterocycles. The zero-order chi connectivity index (χ0) is 31.4. The standard InChI is InChI=1S/C33H32N2O8S/c1-6-40-25-15-13-22(17-26(25)41-7-2)29-28(32(38)42-8-3)19(4)34-33-35(29)30(36)27(44-33)18-23-14-16-24(43-23)20-9-11-21(12-10-20)31(37)39-5/h9-18,29H,6-8H2,1-5H3/b27-18-/t29-/m0/s1. The van der Waals surface area contributed by atoms with Gasteiger partial charge in [0.1, 0.15) is 11.5 Å². The topological polar surface area (TPSA) is 119 Å². The highest BCUT2D eigenvalue weighted by Crippen LogP contribution is 2.36. The minimum absolute atomic E-state index is 0.173. The number of carbonyl (C=O) groups is 2. The number of rotatable bonds is 10. The highest BCUT2D eigenvalue weighted by atomic mass is 32.1. The normalized spacial score (nSPS) is 14.6. The van der Waals surface area contributed by atoms with E-state index in [1.807, 2.05) is 19.9 Å². The van der Waals surface area contributed by atoms with Gasteiger partial charge in [-0.25, -0.2) is 14.6 Å². The third-order valence-electron chi connectivity index (χ3n) is 6.89. The van der Waals surface area contributed by atoms with E-state index in [1.54, 1.807) is 68.5 Å². The van der Waals surface area contributed by atoms with E-state index in [4.69, 9.17) is 23.4 Å². The van der Waals surface area contributed by atoms with Crippen molar-refractivity contribution in [2.45, 2.75) is 33.7 Å². The number of carbonyl (C=O) groups excluding carboxylic acids is 2. The summed E-state index contributed by atoms with van der Waals surface area (Å²) in [7, 11) is 1.33. The number of fused-ring (bicyclic) bond motifs is 1. The van der Waals surface area contributed by atoms with Crippen LogP contribution < -0.4 is 24.4 Å². The molecule has 0 spiro atoms. The van der Waals surface area contributed by atoms with Crippen LogP contribution in [0.4, 0.5) is 0 Å². The molecule has 0 saturated heterocycles. The van der Waals surface area contributed by atoms with Gasteiger partial charge >= 0.3 is 11.9 Å². The minimum Gasteiger partial charge on any atom is -0.490 e. The summed E-state index contributed by atoms with van der Waals surface area (Å²) in [6.45, 7) is 8.26. The molecule has 1 aliphatic heterocycles. The number of hydrogen-bond donors (Lipinski definition) is 0. The Labute approximate surface area is 257 Å². The average molecular weight is 617 g/mol. The first-order valence-electron chi connectivity index (χ1n) is 14.2. The predicted octanol–water partition coefficient (Wildman–Crippen LogP) is 4.64. The number of allylic oxidation sites excluding steroid dienone is 1. The zero-order valence-corrected chi connectivity index (χ0v) is 25.9. The van der Waals surface area contributed by atoms with Crippen LogP contribution in [0.3, 0.4) is 0 Å². The third kappa shape index (κ3) is 5.96. The van der Waals surface area contributed by atoms with Gasteiger partial charge in [0, 0.05) is 11.6 Å². The third-order valence-corrected chi connectivity index (χ3v) is 7.87. The highest BCUT2D eigenvalue weighted by molar-refractivity contribution is 7.07. The lowest BCUT2D eigenvalue weighted by Gasteiger charge is -2.25. The lowest BCUT2D eigenvalue weighted by molar-refractivity contribution is -0.139. The lowest BCUT2D eigenvalue weighted by atomic mass is 9.95. The maximum atomic E-state index is 14.0. The molecule has 1 aliphatic rings. The van der Waals surface area contributed by atoms with Crippen molar-refractivity contribution in [2.24, 2.45) is 4.99 Å². The van der Waals surface area contributed by atoms with Gasteiger partial charge in [-0.3, -0.25) is 9.36 Å². The van der Waals surface area contributed by atoms with Crippen LogP contribution in [0.25, 0.3) is 17.4 Å². The van der Waals surface area contributed by atoms with E-state index in [0.29, 0.717) is 62.4 Å². The first-order chi connectivity index (χ1) is 21.3. The summed E-state index contributed by atoms with van der Waals surface area (Å²) in [4.78, 5) is 44.1. The monoisotopic (exact) mass is 616 g/mol. The Morgan fingerprint density at radius 2 is 1.68 bits per heavy atom. The van der Waals surface area contributed by atoms with Gasteiger partial charge in [0.15, 0.2) is 16.3 Å². The van der Waals surface area contributed by atoms with E-state index in [2.05, 4.69) is 4.99 Å². The van der Waals surface area contributed by atoms with Gasteiger partial charge in [0.25, 0.3) is 5.56 Å². The fourth-order valence-corrected chi connectivity index (χ4v) is 5.97. The van der Waals surface area contributed by atoms with Crippen molar-refractivity contribution in [3.63, 3.8) is 0 Å². The van der Waals surface area contributed by atoms with Gasteiger partial charge in [-0.1, -0.05) is 29.5 Å². The molecule has 44 heavy (non-hydrogen) atoms. The maximum Gasteiger partial charge on any atom is 0.338 e. The van der Waals surface area contributed by atoms with E-state index in [0.717, 1.165) is 5.56 Å². The van der Waals surface area contributed by atoms with Gasteiger partial charge in [-0.05, 0) is 69.7 Å². The Balaban J connectivity index is 1.60. The molecule has 3 heterocycles. The molecular formula is C33H32N2O8S. The summed E-state index contributed by atoms with van der Waals surface area (Å²) >= 11 is 1.20. The van der Waals surface area contributed by atoms with Crippen molar-refractivity contribution in [2.75, 3.05) is 26.9 Å². The number of aromatic nitrogens is 1. The van der Waals surface area contributed by atoms with E-state index < -0.39 is 18.0 Å². The highest BCUT2D eigenvalue weighted by Gasteiger charge is 2.34. The second-order valence-corrected chi connectivity index (χ2v) is 10.7. The number of esters is 2. The molecule has 0 amide bonds. The SMILES string of the molecule is CCOC(=O)C1=C(C)N=c2s/c(=C\c3ccc(-c4ccc(C(=O)OC)cc4)o3)c(=O)n2[C@H]1c1ccc(OCC)c(OCC)c1. The largest absolute Gasteiger partial charge is 0.490 e. The summed E-state index contributed by atoms with van der Waals surface area (Å²) in [5.74, 6) is 1.13. The van der Waals surface area contributed by atoms with Crippen LogP contribution >= 0.6 is 11.3 Å². The molecule has 0 radical (unpaired) electrons. The Hall–Kier alpha value is -4.90. The fraction of sp³-hybridized carbons (Fsp3) is 0.273. The molecule has 4 aromatic rings. The summed E-state index contributed by atoms with van der Waals surface area (Å²) < 4.78 is 29.7. The van der Waals surface area contributed by atoms with E-state index >= 15 is 0 Å². The quantitative estimate of drug-likeness (QED) is 0.237. The number of thiazole rings is 1. The van der Waals surface area contributed by atoms with Crippen LogP contribution in [-0.4, -0.2) is 43.4 Å². The van der Waals surface area contributed by atoms with Crippen molar-refractivity contribution < 1.29 is 33.0 Å². The van der Waals surface area contributed by atoms with Crippen LogP contribution in [0.1, 0.15) is 55.4 Å². The maximum absolute atomic E-state index is 14.0. The molecule has 0 saturated carbocycles. The van der Waals surface area contributed by atoms with Gasteiger partial charge in [-0.15, -0.1) is 0 Å². The Morgan fingerprint density at radius 1 is 0.955 bits per heavy atom. The van der Waals surface area contributed by atoms with E-state index in [-0.39, 0.29) is 17.7 Å². The molecule has 10 nitrogen and oxygen atoms in total. The smallest absolute Gasteiger partial charge is 0.338 e. The van der Waals surface area contributed by atoms with Gasteiger partial charge in [0.2, 0.25) is 0 Å². The van der Waals surface area contributed by atoms with E-state index in [1.165, 1.54) is 23.0 Å². The van der Waals surface area contributed by atoms with Gasteiger partial charge in [0.05, 0.1) is 54.3 Å². The number of methoxy groups -OCH3 is 1. The average Bonchev–Trinajstić information content (AvgIpc) is 3.61. The molecule has 1 atom stereocenters. The number of ether oxygens (including phenoxy) is 4. The van der Waals surface area contributed by atoms with Crippen molar-refractivity contribution in [3.05, 3.63) is 102 Å². The lowest BCUT2D eigenvalue weighted by Crippen LogP contribution is -2.40. The molecule has 0 fully saturated rings. The second-order valence-electron chi connectivity index (χ2n) is 9.65. The molecule has 5 rings (SSSR count).